The Morgan fingerprint density at radius 3 is 2.37 bits per heavy atom. The van der Waals surface area contributed by atoms with E-state index in [1.54, 1.807) is 36.2 Å². The number of carboxylic acids is 1. The molecule has 2 unspecified atom stereocenters. The molecule has 4 N–H and O–H groups in total. The number of halogens is 2. The highest BCUT2D eigenvalue weighted by molar-refractivity contribution is 7.90. The minimum Gasteiger partial charge on any atom is -0.480 e. The lowest BCUT2D eigenvalue weighted by Crippen LogP contribution is -2.42. The van der Waals surface area contributed by atoms with Crippen LogP contribution in [0.5, 0.6) is 0 Å². The van der Waals surface area contributed by atoms with Crippen LogP contribution in [0, 0.1) is 0 Å². The van der Waals surface area contributed by atoms with Crippen molar-refractivity contribution in [2.24, 2.45) is 0 Å². The molecule has 0 aliphatic heterocycles. The van der Waals surface area contributed by atoms with Crippen LogP contribution in [0.4, 0.5) is 0 Å². The zero-order valence-electron chi connectivity index (χ0n) is 20.6. The average molecular weight is 600 g/mol. The SMILES string of the molecule is CC/C(=C\C=C/CO)P(O)/C=C/c1cc(Cl)c(C(=O)NC(Cc2cccc(S(C)(=O)=O)c2)C(=O)O)c(Cl)c1. The molecule has 0 aliphatic carbocycles. The first-order valence-corrected chi connectivity index (χ1v) is 15.3. The quantitative estimate of drug-likeness (QED) is 0.198. The smallest absolute Gasteiger partial charge is 0.326 e. The molecule has 8 nitrogen and oxygen atoms in total. The fraction of sp³-hybridized carbons (Fsp3) is 0.231. The van der Waals surface area contributed by atoms with Crippen LogP contribution in [0.2, 0.25) is 10.0 Å². The summed E-state index contributed by atoms with van der Waals surface area (Å²) in [5, 5.41) is 21.6. The second-order valence-corrected chi connectivity index (χ2v) is 12.5. The van der Waals surface area contributed by atoms with Gasteiger partial charge in [0.1, 0.15) is 6.04 Å². The summed E-state index contributed by atoms with van der Waals surface area (Å²) >= 11 is 12.6. The summed E-state index contributed by atoms with van der Waals surface area (Å²) in [5.41, 5.74) is 0.814. The van der Waals surface area contributed by atoms with Gasteiger partial charge in [-0.2, -0.15) is 0 Å². The van der Waals surface area contributed by atoms with Crippen LogP contribution >= 0.6 is 31.4 Å². The van der Waals surface area contributed by atoms with Gasteiger partial charge in [0.2, 0.25) is 0 Å². The van der Waals surface area contributed by atoms with Crippen LogP contribution in [-0.2, 0) is 21.1 Å². The lowest BCUT2D eigenvalue weighted by Gasteiger charge is -2.16. The van der Waals surface area contributed by atoms with Crippen LogP contribution < -0.4 is 5.32 Å². The molecule has 0 bridgehead atoms. The number of aliphatic carboxylic acids is 1. The molecule has 0 saturated carbocycles. The van der Waals surface area contributed by atoms with E-state index in [2.05, 4.69) is 5.32 Å². The molecule has 204 valence electrons. The molecule has 0 fully saturated rings. The Morgan fingerprint density at radius 2 is 1.82 bits per heavy atom. The number of hydrogen-bond donors (Lipinski definition) is 4. The predicted molar refractivity (Wildman–Crippen MR) is 151 cm³/mol. The van der Waals surface area contributed by atoms with E-state index in [0.29, 0.717) is 17.5 Å². The average Bonchev–Trinajstić information content (AvgIpc) is 2.84. The molecule has 2 atom stereocenters. The van der Waals surface area contributed by atoms with Gasteiger partial charge in [-0.05, 0) is 52.9 Å². The zero-order chi connectivity index (χ0) is 28.5. The Labute approximate surface area is 233 Å². The van der Waals surface area contributed by atoms with Gasteiger partial charge in [0, 0.05) is 12.7 Å². The van der Waals surface area contributed by atoms with Crippen LogP contribution in [0.15, 0.2) is 70.7 Å². The molecule has 0 aromatic heterocycles. The molecule has 0 saturated heterocycles. The minimum absolute atomic E-state index is 0.0164. The van der Waals surface area contributed by atoms with E-state index in [9.17, 15) is 28.0 Å². The third-order valence-corrected chi connectivity index (χ3v) is 8.45. The van der Waals surface area contributed by atoms with E-state index in [0.717, 1.165) is 11.6 Å². The van der Waals surface area contributed by atoms with Gasteiger partial charge >= 0.3 is 5.97 Å². The van der Waals surface area contributed by atoms with Crippen molar-refractivity contribution >= 4 is 59.1 Å². The number of aliphatic hydroxyl groups is 1. The number of aliphatic hydroxyl groups excluding tert-OH is 1. The summed E-state index contributed by atoms with van der Waals surface area (Å²) < 4.78 is 23.6. The first-order chi connectivity index (χ1) is 17.9. The maximum Gasteiger partial charge on any atom is 0.326 e. The van der Waals surface area contributed by atoms with Gasteiger partial charge in [0.25, 0.3) is 5.91 Å². The van der Waals surface area contributed by atoms with Gasteiger partial charge in [-0.1, -0.05) is 66.6 Å². The van der Waals surface area contributed by atoms with E-state index in [1.807, 2.05) is 6.92 Å². The summed E-state index contributed by atoms with van der Waals surface area (Å²) in [6.07, 6.45) is 8.03. The van der Waals surface area contributed by atoms with E-state index in [-0.39, 0.29) is 33.5 Å². The maximum atomic E-state index is 12.9. The number of carbonyl (C=O) groups is 2. The second-order valence-electron chi connectivity index (χ2n) is 8.13. The van der Waals surface area contributed by atoms with Crippen LogP contribution in [-0.4, -0.2) is 54.3 Å². The van der Waals surface area contributed by atoms with Crippen LogP contribution in [0.3, 0.4) is 0 Å². The molecule has 38 heavy (non-hydrogen) atoms. The van der Waals surface area contributed by atoms with Gasteiger partial charge in [0.15, 0.2) is 9.84 Å². The topological polar surface area (TPSA) is 141 Å². The summed E-state index contributed by atoms with van der Waals surface area (Å²) in [4.78, 5) is 35.3. The van der Waals surface area contributed by atoms with Crippen molar-refractivity contribution < 1.29 is 33.1 Å². The first kappa shape index (κ1) is 31.7. The van der Waals surface area contributed by atoms with Gasteiger partial charge in [-0.3, -0.25) is 4.79 Å². The molecular weight excluding hydrogens is 572 g/mol. The van der Waals surface area contributed by atoms with Gasteiger partial charge in [0.05, 0.1) is 35.3 Å². The molecule has 1 amide bonds. The van der Waals surface area contributed by atoms with Crippen molar-refractivity contribution in [3.63, 3.8) is 0 Å². The molecule has 2 aromatic rings. The highest BCUT2D eigenvalue weighted by atomic mass is 35.5. The van der Waals surface area contributed by atoms with Crippen molar-refractivity contribution in [3.05, 3.63) is 92.5 Å². The number of benzene rings is 2. The standard InChI is InChI=1S/C26H28Cl2NO7PS/c1-3-19(8-4-5-11-30)37(34)12-10-18-14-21(27)24(22(28)15-18)25(31)29-23(26(32)33)16-17-7-6-9-20(13-17)38(2,35)36/h4-10,12-15,23,30,34H,3,11,16H2,1-2H3,(H,29,31)(H,32,33)/b5-4-,12-10+,19-8+. The molecule has 0 spiro atoms. The van der Waals surface area contributed by atoms with Crippen molar-refractivity contribution in [3.8, 4) is 0 Å². The fourth-order valence-corrected chi connectivity index (χ4v) is 5.76. The van der Waals surface area contributed by atoms with Crippen molar-refractivity contribution in [1.82, 2.24) is 5.32 Å². The van der Waals surface area contributed by atoms with E-state index >= 15 is 0 Å². The zero-order valence-corrected chi connectivity index (χ0v) is 23.9. The number of hydrogen-bond acceptors (Lipinski definition) is 6. The molecule has 0 aliphatic rings. The molecule has 0 heterocycles. The predicted octanol–water partition coefficient (Wildman–Crippen LogP) is 5.02. The number of allylic oxidation sites excluding steroid dienone is 3. The lowest BCUT2D eigenvalue weighted by molar-refractivity contribution is -0.139. The Hall–Kier alpha value is -2.52. The minimum atomic E-state index is -3.49. The Morgan fingerprint density at radius 1 is 1.16 bits per heavy atom. The number of sulfone groups is 1. The lowest BCUT2D eigenvalue weighted by atomic mass is 10.0. The molecule has 12 heteroatoms. The molecule has 2 rings (SSSR count). The Balaban J connectivity index is 2.23. The summed E-state index contributed by atoms with van der Waals surface area (Å²) in [7, 11) is -5.09. The highest BCUT2D eigenvalue weighted by Crippen LogP contribution is 2.44. The van der Waals surface area contributed by atoms with Crippen molar-refractivity contribution in [1.29, 1.82) is 0 Å². The van der Waals surface area contributed by atoms with Crippen LogP contribution in [0.25, 0.3) is 6.08 Å². The highest BCUT2D eigenvalue weighted by Gasteiger charge is 2.24. The van der Waals surface area contributed by atoms with Gasteiger partial charge in [-0.15, -0.1) is 0 Å². The number of carbonyl (C=O) groups excluding carboxylic acids is 1. The molecular formula is C26H28Cl2NO7PS. The largest absolute Gasteiger partial charge is 0.480 e. The van der Waals surface area contributed by atoms with Crippen LogP contribution in [0.1, 0.15) is 34.8 Å². The van der Waals surface area contributed by atoms with E-state index < -0.39 is 35.9 Å². The monoisotopic (exact) mass is 599 g/mol. The number of rotatable bonds is 12. The number of amides is 1. The summed E-state index contributed by atoms with van der Waals surface area (Å²) in [6.45, 7) is 1.79. The van der Waals surface area contributed by atoms with E-state index in [1.165, 1.54) is 30.3 Å². The third kappa shape index (κ3) is 9.34. The fourth-order valence-electron chi connectivity index (χ4n) is 3.32. The Kier molecular flexibility index (Phi) is 12.2. The van der Waals surface area contributed by atoms with Crippen molar-refractivity contribution in [2.45, 2.75) is 30.7 Å². The van der Waals surface area contributed by atoms with E-state index in [4.69, 9.17) is 28.3 Å². The normalized spacial score (nSPS) is 14.1. The van der Waals surface area contributed by atoms with Crippen molar-refractivity contribution in [2.75, 3.05) is 12.9 Å². The number of carboxylic acid groups (broad SMARTS) is 1. The summed E-state index contributed by atoms with van der Waals surface area (Å²) in [6, 6.07) is 7.38. The molecule has 2 aromatic carbocycles. The van der Waals surface area contributed by atoms with Gasteiger partial charge < -0.3 is 20.4 Å². The number of nitrogens with one attached hydrogen (secondary N) is 1. The third-order valence-electron chi connectivity index (χ3n) is 5.26. The van der Waals surface area contributed by atoms with Gasteiger partial charge in [-0.25, -0.2) is 13.2 Å². The first-order valence-electron chi connectivity index (χ1n) is 11.3. The Bertz CT molecular complexity index is 1350. The second kappa shape index (κ2) is 14.6. The summed E-state index contributed by atoms with van der Waals surface area (Å²) in [5.74, 6) is -0.539. The molecule has 0 radical (unpaired) electrons. The maximum absolute atomic E-state index is 12.9.